The number of methoxy groups -OCH3 is 1. The molecule has 0 spiro atoms. The van der Waals surface area contributed by atoms with Crippen LogP contribution in [0.1, 0.15) is 23.2 Å². The third-order valence-electron chi connectivity index (χ3n) is 3.28. The van der Waals surface area contributed by atoms with Crippen LogP contribution in [-0.2, 0) is 9.47 Å². The van der Waals surface area contributed by atoms with Crippen molar-refractivity contribution in [3.8, 4) is 5.75 Å². The van der Waals surface area contributed by atoms with Crippen molar-refractivity contribution in [2.75, 3.05) is 20.3 Å². The molecule has 1 aromatic carbocycles. The van der Waals surface area contributed by atoms with Crippen LogP contribution in [0.5, 0.6) is 5.75 Å². The Kier molecular flexibility index (Phi) is 5.70. The number of benzene rings is 1. The van der Waals surface area contributed by atoms with Crippen molar-refractivity contribution in [2.45, 2.75) is 25.0 Å². The van der Waals surface area contributed by atoms with Gasteiger partial charge in [0.1, 0.15) is 5.56 Å². The molecule has 1 N–H and O–H groups in total. The molecule has 0 radical (unpaired) electrons. The minimum absolute atomic E-state index is 0.0968. The van der Waals surface area contributed by atoms with Gasteiger partial charge in [-0.05, 0) is 18.6 Å². The van der Waals surface area contributed by atoms with Gasteiger partial charge in [-0.25, -0.2) is 4.79 Å². The largest absolute Gasteiger partial charge is 0.494 e. The molecule has 1 fully saturated rings. The molecule has 1 aromatic rings. The highest BCUT2D eigenvalue weighted by Gasteiger charge is 2.27. The third-order valence-corrected chi connectivity index (χ3v) is 3.89. The Hall–Kier alpha value is -1.01. The van der Waals surface area contributed by atoms with Gasteiger partial charge in [0.05, 0.1) is 36.0 Å². The van der Waals surface area contributed by atoms with Crippen molar-refractivity contribution in [1.29, 1.82) is 0 Å². The van der Waals surface area contributed by atoms with E-state index in [9.17, 15) is 9.90 Å². The molecule has 0 amide bonds. The van der Waals surface area contributed by atoms with Crippen LogP contribution in [0.15, 0.2) is 12.1 Å². The second-order valence-electron chi connectivity index (χ2n) is 4.63. The number of aliphatic hydroxyl groups is 1. The van der Waals surface area contributed by atoms with Gasteiger partial charge < -0.3 is 19.3 Å². The van der Waals surface area contributed by atoms with Gasteiger partial charge in [-0.15, -0.1) is 0 Å². The SMILES string of the molecule is COc1c(Cl)ccc(Cl)c1C(=O)OCCC1OCCC1O. The average Bonchev–Trinajstić information content (AvgIpc) is 2.86. The summed E-state index contributed by atoms with van der Waals surface area (Å²) in [6, 6.07) is 3.05. The number of hydrogen-bond donors (Lipinski definition) is 1. The molecular weight excluding hydrogens is 319 g/mol. The lowest BCUT2D eigenvalue weighted by atomic mass is 10.1. The molecular formula is C14H16Cl2O5. The maximum atomic E-state index is 12.1. The van der Waals surface area contributed by atoms with Crippen molar-refractivity contribution in [1.82, 2.24) is 0 Å². The standard InChI is InChI=1S/C14H16Cl2O5/c1-19-13-9(16)3-2-8(15)12(13)14(18)21-7-5-11-10(17)4-6-20-11/h2-3,10-11,17H,4-7H2,1H3. The van der Waals surface area contributed by atoms with Crippen LogP contribution in [0.4, 0.5) is 0 Å². The zero-order chi connectivity index (χ0) is 15.4. The molecule has 0 bridgehead atoms. The van der Waals surface area contributed by atoms with E-state index < -0.39 is 12.1 Å². The Bertz CT molecular complexity index is 520. The Morgan fingerprint density at radius 2 is 2.14 bits per heavy atom. The molecule has 0 aliphatic carbocycles. The van der Waals surface area contributed by atoms with Gasteiger partial charge >= 0.3 is 5.97 Å². The topological polar surface area (TPSA) is 65.0 Å². The summed E-state index contributed by atoms with van der Waals surface area (Å²) in [7, 11) is 1.40. The molecule has 21 heavy (non-hydrogen) atoms. The molecule has 116 valence electrons. The molecule has 2 unspecified atom stereocenters. The van der Waals surface area contributed by atoms with E-state index in [2.05, 4.69) is 0 Å². The lowest BCUT2D eigenvalue weighted by Gasteiger charge is -2.15. The fourth-order valence-electron chi connectivity index (χ4n) is 2.18. The molecule has 2 atom stereocenters. The summed E-state index contributed by atoms with van der Waals surface area (Å²) in [4.78, 5) is 12.1. The zero-order valence-corrected chi connectivity index (χ0v) is 13.0. The number of esters is 1. The molecule has 1 aliphatic heterocycles. The van der Waals surface area contributed by atoms with Crippen LogP contribution in [0.2, 0.25) is 10.0 Å². The molecule has 1 aliphatic rings. The summed E-state index contributed by atoms with van der Waals surface area (Å²) in [5, 5.41) is 10.1. The second kappa shape index (κ2) is 7.31. The molecule has 0 saturated carbocycles. The molecule has 7 heteroatoms. The number of ether oxygens (including phenoxy) is 3. The summed E-state index contributed by atoms with van der Waals surface area (Å²) in [5.74, 6) is -0.432. The number of halogens is 2. The van der Waals surface area contributed by atoms with E-state index in [0.29, 0.717) is 19.4 Å². The quantitative estimate of drug-likeness (QED) is 0.838. The monoisotopic (exact) mass is 334 g/mol. The van der Waals surface area contributed by atoms with Gasteiger partial charge in [-0.2, -0.15) is 0 Å². The first-order valence-corrected chi connectivity index (χ1v) is 7.29. The number of carbonyl (C=O) groups excluding carboxylic acids is 1. The minimum Gasteiger partial charge on any atom is -0.494 e. The fraction of sp³-hybridized carbons (Fsp3) is 0.500. The number of rotatable bonds is 5. The highest BCUT2D eigenvalue weighted by atomic mass is 35.5. The smallest absolute Gasteiger partial charge is 0.343 e. The predicted molar refractivity (Wildman–Crippen MR) is 78.3 cm³/mol. The Morgan fingerprint density at radius 1 is 1.43 bits per heavy atom. The first kappa shape index (κ1) is 16.4. The minimum atomic E-state index is -0.619. The van der Waals surface area contributed by atoms with Crippen LogP contribution < -0.4 is 4.74 Å². The van der Waals surface area contributed by atoms with Gasteiger partial charge in [0.2, 0.25) is 0 Å². The van der Waals surface area contributed by atoms with E-state index in [0.717, 1.165) is 0 Å². The Morgan fingerprint density at radius 3 is 2.76 bits per heavy atom. The predicted octanol–water partition coefficient (Wildman–Crippen LogP) is 2.70. The maximum absolute atomic E-state index is 12.1. The third kappa shape index (κ3) is 3.80. The first-order chi connectivity index (χ1) is 10.0. The van der Waals surface area contributed by atoms with E-state index in [4.69, 9.17) is 37.4 Å². The van der Waals surface area contributed by atoms with Gasteiger partial charge in [-0.3, -0.25) is 0 Å². The van der Waals surface area contributed by atoms with E-state index in [1.807, 2.05) is 0 Å². The summed E-state index contributed by atoms with van der Waals surface area (Å²) >= 11 is 12.0. The van der Waals surface area contributed by atoms with Crippen LogP contribution in [0.3, 0.4) is 0 Å². The summed E-state index contributed by atoms with van der Waals surface area (Å²) in [5.41, 5.74) is 0.0968. The lowest BCUT2D eigenvalue weighted by molar-refractivity contribution is 0.0130. The summed E-state index contributed by atoms with van der Waals surface area (Å²) < 4.78 is 15.6. The molecule has 1 heterocycles. The lowest BCUT2D eigenvalue weighted by Crippen LogP contribution is -2.23. The summed E-state index contributed by atoms with van der Waals surface area (Å²) in [6.45, 7) is 0.639. The highest BCUT2D eigenvalue weighted by molar-refractivity contribution is 6.37. The van der Waals surface area contributed by atoms with E-state index in [1.165, 1.54) is 13.2 Å². The van der Waals surface area contributed by atoms with E-state index in [1.54, 1.807) is 6.07 Å². The van der Waals surface area contributed by atoms with Crippen LogP contribution in [0.25, 0.3) is 0 Å². The fourth-order valence-corrected chi connectivity index (χ4v) is 2.64. The zero-order valence-electron chi connectivity index (χ0n) is 11.5. The number of aliphatic hydroxyl groups excluding tert-OH is 1. The van der Waals surface area contributed by atoms with Crippen molar-refractivity contribution in [3.05, 3.63) is 27.7 Å². The highest BCUT2D eigenvalue weighted by Crippen LogP contribution is 2.34. The molecule has 0 aromatic heterocycles. The van der Waals surface area contributed by atoms with E-state index in [-0.39, 0.29) is 34.1 Å². The normalized spacial score (nSPS) is 21.3. The van der Waals surface area contributed by atoms with Crippen LogP contribution >= 0.6 is 23.2 Å². The van der Waals surface area contributed by atoms with Gasteiger partial charge in [0.25, 0.3) is 0 Å². The van der Waals surface area contributed by atoms with E-state index >= 15 is 0 Å². The van der Waals surface area contributed by atoms with Crippen molar-refractivity contribution < 1.29 is 24.1 Å². The van der Waals surface area contributed by atoms with Gasteiger partial charge in [-0.1, -0.05) is 23.2 Å². The number of carbonyl (C=O) groups is 1. The van der Waals surface area contributed by atoms with Crippen molar-refractivity contribution in [3.63, 3.8) is 0 Å². The van der Waals surface area contributed by atoms with Gasteiger partial charge in [0, 0.05) is 13.0 Å². The maximum Gasteiger partial charge on any atom is 0.343 e. The number of hydrogen-bond acceptors (Lipinski definition) is 5. The molecule has 1 saturated heterocycles. The van der Waals surface area contributed by atoms with Crippen molar-refractivity contribution >= 4 is 29.2 Å². The molecule has 5 nitrogen and oxygen atoms in total. The average molecular weight is 335 g/mol. The van der Waals surface area contributed by atoms with Gasteiger partial charge in [0.15, 0.2) is 5.75 Å². The van der Waals surface area contributed by atoms with Crippen molar-refractivity contribution in [2.24, 2.45) is 0 Å². The van der Waals surface area contributed by atoms with Crippen LogP contribution in [-0.4, -0.2) is 43.6 Å². The Balaban J connectivity index is 1.99. The second-order valence-corrected chi connectivity index (χ2v) is 5.44. The summed E-state index contributed by atoms with van der Waals surface area (Å²) in [6.07, 6.45) is 0.225. The van der Waals surface area contributed by atoms with Crippen LogP contribution in [0, 0.1) is 0 Å². The molecule has 2 rings (SSSR count). The first-order valence-electron chi connectivity index (χ1n) is 6.53. The Labute approximate surface area is 132 Å².